The summed E-state index contributed by atoms with van der Waals surface area (Å²) in [5.74, 6) is -0.177. The van der Waals surface area contributed by atoms with Crippen LogP contribution in [0.25, 0.3) is 6.08 Å². The Bertz CT molecular complexity index is 563. The Hall–Kier alpha value is -1.16. The van der Waals surface area contributed by atoms with Crippen molar-refractivity contribution in [2.75, 3.05) is 0 Å². The molecule has 2 heterocycles. The number of ketones is 1. The molecule has 5 heteroatoms. The molecule has 0 amide bonds. The summed E-state index contributed by atoms with van der Waals surface area (Å²) in [5.41, 5.74) is 1.15. The van der Waals surface area contributed by atoms with E-state index in [0.29, 0.717) is 14.2 Å². The quantitative estimate of drug-likeness (QED) is 0.619. The molecule has 0 saturated carbocycles. The van der Waals surface area contributed by atoms with Crippen LogP contribution in [0.5, 0.6) is 0 Å². The van der Waals surface area contributed by atoms with Gasteiger partial charge in [-0.25, -0.2) is 0 Å². The van der Waals surface area contributed by atoms with Crippen LogP contribution in [-0.2, 0) is 0 Å². The van der Waals surface area contributed by atoms with Gasteiger partial charge in [0.2, 0.25) is 0 Å². The molecule has 0 aliphatic carbocycles. The van der Waals surface area contributed by atoms with Gasteiger partial charge in [0.15, 0.2) is 5.78 Å². The predicted octanol–water partition coefficient (Wildman–Crippen LogP) is 4.35. The molecule has 2 rings (SSSR count). The lowest BCUT2D eigenvalue weighted by Crippen LogP contribution is -1.92. The normalized spacial score (nSPS) is 10.9. The molecular weight excluding hydrogens is 277 g/mol. The van der Waals surface area contributed by atoms with Gasteiger partial charge in [0.25, 0.3) is 0 Å². The molecule has 0 N–H and O–H groups in total. The molecule has 0 spiro atoms. The fourth-order valence-electron chi connectivity index (χ4n) is 1.23. The molecule has 0 unspecified atom stereocenters. The lowest BCUT2D eigenvalue weighted by molar-refractivity contribution is 0.104. The largest absolute Gasteiger partial charge is 0.289 e. The predicted molar refractivity (Wildman–Crippen MR) is 71.9 cm³/mol. The fourth-order valence-corrected chi connectivity index (χ4v) is 2.71. The molecule has 0 aliphatic rings. The van der Waals surface area contributed by atoms with Crippen molar-refractivity contribution in [3.8, 4) is 0 Å². The number of allylic oxidation sites excluding steroid dienone is 1. The molecule has 0 radical (unpaired) electrons. The Balaban J connectivity index is 2.18. The summed E-state index contributed by atoms with van der Waals surface area (Å²) >= 11 is 12.8. The highest BCUT2D eigenvalue weighted by atomic mass is 35.5. The second-order valence-corrected chi connectivity index (χ2v) is 5.48. The number of halogens is 2. The zero-order valence-electron chi connectivity index (χ0n) is 8.56. The third-order valence-electron chi connectivity index (χ3n) is 2.02. The number of carbonyl (C=O) groups is 1. The number of hydrogen-bond donors (Lipinski definition) is 0. The van der Waals surface area contributed by atoms with Gasteiger partial charge in [-0.3, -0.25) is 9.78 Å². The maximum atomic E-state index is 11.8. The van der Waals surface area contributed by atoms with Gasteiger partial charge in [0, 0.05) is 6.20 Å². The van der Waals surface area contributed by atoms with Crippen molar-refractivity contribution in [1.29, 1.82) is 0 Å². The van der Waals surface area contributed by atoms with Gasteiger partial charge in [-0.05, 0) is 30.4 Å². The van der Waals surface area contributed by atoms with E-state index in [1.807, 2.05) is 18.2 Å². The minimum absolute atomic E-state index is 0.177. The van der Waals surface area contributed by atoms with Gasteiger partial charge in [0.05, 0.1) is 15.6 Å². The van der Waals surface area contributed by atoms with E-state index in [9.17, 15) is 4.79 Å². The summed E-state index contributed by atoms with van der Waals surface area (Å²) in [6, 6.07) is 7.05. The Labute approximate surface area is 113 Å². The van der Waals surface area contributed by atoms with Crippen molar-refractivity contribution >= 4 is 46.4 Å². The highest BCUT2D eigenvalue weighted by Crippen LogP contribution is 2.31. The lowest BCUT2D eigenvalue weighted by atomic mass is 10.2. The van der Waals surface area contributed by atoms with Crippen LogP contribution in [-0.4, -0.2) is 10.8 Å². The first-order valence-electron chi connectivity index (χ1n) is 4.75. The van der Waals surface area contributed by atoms with E-state index in [0.717, 1.165) is 5.69 Å². The SMILES string of the molecule is O=C(C=Cc1ccccn1)c1cc(Cl)sc1Cl. The van der Waals surface area contributed by atoms with Crippen LogP contribution in [0, 0.1) is 0 Å². The third-order valence-corrected chi connectivity index (χ3v) is 3.50. The van der Waals surface area contributed by atoms with Crippen LogP contribution >= 0.6 is 34.5 Å². The van der Waals surface area contributed by atoms with Crippen molar-refractivity contribution in [2.24, 2.45) is 0 Å². The summed E-state index contributed by atoms with van der Waals surface area (Å²) < 4.78 is 0.912. The average molecular weight is 284 g/mol. The molecule has 2 nitrogen and oxygen atoms in total. The van der Waals surface area contributed by atoms with Gasteiger partial charge >= 0.3 is 0 Å². The van der Waals surface area contributed by atoms with Crippen molar-refractivity contribution in [3.63, 3.8) is 0 Å². The molecule has 0 bridgehead atoms. The summed E-state index contributed by atoms with van der Waals surface area (Å²) in [7, 11) is 0. The summed E-state index contributed by atoms with van der Waals surface area (Å²) in [6.07, 6.45) is 4.75. The topological polar surface area (TPSA) is 30.0 Å². The molecule has 2 aromatic rings. The first-order valence-corrected chi connectivity index (χ1v) is 6.32. The van der Waals surface area contributed by atoms with E-state index < -0.39 is 0 Å². The first-order chi connectivity index (χ1) is 8.16. The lowest BCUT2D eigenvalue weighted by Gasteiger charge is -1.92. The molecular formula is C12H7Cl2NOS. The highest BCUT2D eigenvalue weighted by molar-refractivity contribution is 7.20. The third kappa shape index (κ3) is 3.16. The van der Waals surface area contributed by atoms with E-state index in [2.05, 4.69) is 4.98 Å². The molecule has 86 valence electrons. The summed E-state index contributed by atoms with van der Waals surface area (Å²) in [5, 5.41) is 0. The van der Waals surface area contributed by atoms with Crippen molar-refractivity contribution in [2.45, 2.75) is 0 Å². The van der Waals surface area contributed by atoms with E-state index in [1.165, 1.54) is 17.4 Å². The number of pyridine rings is 1. The molecule has 0 atom stereocenters. The van der Waals surface area contributed by atoms with E-state index in [4.69, 9.17) is 23.2 Å². The molecule has 2 aromatic heterocycles. The number of hydrogen-bond acceptors (Lipinski definition) is 3. The van der Waals surface area contributed by atoms with E-state index in [-0.39, 0.29) is 5.78 Å². The minimum Gasteiger partial charge on any atom is -0.289 e. The van der Waals surface area contributed by atoms with Gasteiger partial charge < -0.3 is 0 Å². The number of aromatic nitrogens is 1. The molecule has 17 heavy (non-hydrogen) atoms. The van der Waals surface area contributed by atoms with E-state index in [1.54, 1.807) is 18.3 Å². The number of rotatable bonds is 3. The number of carbonyl (C=O) groups excluding carboxylic acids is 1. The van der Waals surface area contributed by atoms with Crippen LogP contribution in [0.3, 0.4) is 0 Å². The second-order valence-electron chi connectivity index (χ2n) is 3.19. The Morgan fingerprint density at radius 2 is 2.18 bits per heavy atom. The molecule has 0 aliphatic heterocycles. The maximum absolute atomic E-state index is 11.8. The number of nitrogens with zero attached hydrogens (tertiary/aromatic N) is 1. The fraction of sp³-hybridized carbons (Fsp3) is 0. The van der Waals surface area contributed by atoms with Crippen molar-refractivity contribution in [3.05, 3.63) is 56.5 Å². The van der Waals surface area contributed by atoms with Crippen LogP contribution in [0.4, 0.5) is 0 Å². The summed E-state index contributed by atoms with van der Waals surface area (Å²) in [4.78, 5) is 15.9. The van der Waals surface area contributed by atoms with Gasteiger partial charge in [0.1, 0.15) is 4.34 Å². The standard InChI is InChI=1S/C12H7Cl2NOS/c13-11-7-9(12(14)17-11)10(16)5-4-8-3-1-2-6-15-8/h1-7H. The van der Waals surface area contributed by atoms with Crippen LogP contribution in [0.1, 0.15) is 16.1 Å². The van der Waals surface area contributed by atoms with Crippen molar-refractivity contribution < 1.29 is 4.79 Å². The maximum Gasteiger partial charge on any atom is 0.188 e. The monoisotopic (exact) mass is 283 g/mol. The molecule has 0 saturated heterocycles. The average Bonchev–Trinajstić information content (AvgIpc) is 2.67. The zero-order valence-corrected chi connectivity index (χ0v) is 10.9. The second kappa shape index (κ2) is 5.45. The smallest absolute Gasteiger partial charge is 0.188 e. The van der Waals surface area contributed by atoms with Gasteiger partial charge in [-0.2, -0.15) is 0 Å². The van der Waals surface area contributed by atoms with Crippen LogP contribution in [0.2, 0.25) is 8.67 Å². The van der Waals surface area contributed by atoms with Gasteiger partial charge in [-0.1, -0.05) is 29.3 Å². The Morgan fingerprint density at radius 1 is 1.35 bits per heavy atom. The van der Waals surface area contributed by atoms with Crippen LogP contribution in [0.15, 0.2) is 36.5 Å². The summed E-state index contributed by atoms with van der Waals surface area (Å²) in [6.45, 7) is 0. The van der Waals surface area contributed by atoms with E-state index >= 15 is 0 Å². The molecule has 0 fully saturated rings. The Morgan fingerprint density at radius 3 is 2.76 bits per heavy atom. The number of thiophene rings is 1. The molecule has 0 aromatic carbocycles. The Kier molecular flexibility index (Phi) is 3.94. The van der Waals surface area contributed by atoms with Crippen LogP contribution < -0.4 is 0 Å². The van der Waals surface area contributed by atoms with Gasteiger partial charge in [-0.15, -0.1) is 11.3 Å². The first kappa shape index (κ1) is 12.3. The highest BCUT2D eigenvalue weighted by Gasteiger charge is 2.11. The zero-order chi connectivity index (χ0) is 12.3. The minimum atomic E-state index is -0.177. The van der Waals surface area contributed by atoms with Crippen molar-refractivity contribution in [1.82, 2.24) is 4.98 Å².